The Morgan fingerprint density at radius 1 is 1.12 bits per heavy atom. The maximum absolute atomic E-state index is 12.6. The Hall–Kier alpha value is -1.96. The second-order valence-electron chi connectivity index (χ2n) is 6.31. The molecule has 142 valence electrons. The molecular formula is C17H28N2O5S. The maximum atomic E-state index is 12.6. The Morgan fingerprint density at radius 2 is 1.72 bits per heavy atom. The third kappa shape index (κ3) is 5.26. The second kappa shape index (κ2) is 8.42. The topological polar surface area (TPSA) is 84.9 Å². The number of carbonyl (C=O) groups excluding carboxylic acids is 1. The maximum Gasteiger partial charge on any atom is 0.243 e. The van der Waals surface area contributed by atoms with Crippen LogP contribution in [0.4, 0.5) is 5.69 Å². The van der Waals surface area contributed by atoms with Crippen LogP contribution < -0.4 is 19.1 Å². The predicted molar refractivity (Wildman–Crippen MR) is 98.8 cm³/mol. The molecule has 0 aliphatic rings. The minimum atomic E-state index is -3.74. The molecule has 0 aromatic heterocycles. The van der Waals surface area contributed by atoms with Gasteiger partial charge in [-0.25, -0.2) is 8.42 Å². The zero-order valence-electron chi connectivity index (χ0n) is 15.9. The lowest BCUT2D eigenvalue weighted by molar-refractivity contribution is -0.122. The van der Waals surface area contributed by atoms with Crippen LogP contribution in [-0.2, 0) is 14.8 Å². The summed E-state index contributed by atoms with van der Waals surface area (Å²) in [6.45, 7) is 7.39. The van der Waals surface area contributed by atoms with Gasteiger partial charge in [-0.15, -0.1) is 0 Å². The predicted octanol–water partition coefficient (Wildman–Crippen LogP) is 2.02. The number of ether oxygens (including phenoxy) is 2. The zero-order valence-corrected chi connectivity index (χ0v) is 16.7. The molecule has 1 aromatic rings. The fourth-order valence-corrected chi connectivity index (χ4v) is 3.43. The van der Waals surface area contributed by atoms with Gasteiger partial charge in [0.1, 0.15) is 17.5 Å². The van der Waals surface area contributed by atoms with Crippen LogP contribution in [0.5, 0.6) is 11.5 Å². The summed E-state index contributed by atoms with van der Waals surface area (Å²) >= 11 is 0. The molecule has 0 fully saturated rings. The van der Waals surface area contributed by atoms with Crippen molar-refractivity contribution < 1.29 is 22.7 Å². The summed E-state index contributed by atoms with van der Waals surface area (Å²) in [4.78, 5) is 12.6. The van der Waals surface area contributed by atoms with E-state index in [0.717, 1.165) is 10.6 Å². The molecule has 0 radical (unpaired) electrons. The van der Waals surface area contributed by atoms with Crippen LogP contribution in [0.3, 0.4) is 0 Å². The van der Waals surface area contributed by atoms with E-state index in [9.17, 15) is 13.2 Å². The third-order valence-corrected chi connectivity index (χ3v) is 5.31. The fraction of sp³-hybridized carbons (Fsp3) is 0.588. The number of methoxy groups -OCH3 is 2. The number of carbonyl (C=O) groups is 1. The van der Waals surface area contributed by atoms with Gasteiger partial charge in [0.05, 0.1) is 26.2 Å². The van der Waals surface area contributed by atoms with Gasteiger partial charge in [0.25, 0.3) is 0 Å². The summed E-state index contributed by atoms with van der Waals surface area (Å²) in [5.41, 5.74) is 0.254. The number of anilines is 1. The van der Waals surface area contributed by atoms with Crippen molar-refractivity contribution in [2.75, 3.05) is 24.8 Å². The lowest BCUT2D eigenvalue weighted by Crippen LogP contribution is -2.50. The highest BCUT2D eigenvalue weighted by molar-refractivity contribution is 7.92. The number of amides is 1. The minimum absolute atomic E-state index is 0.0800. The minimum Gasteiger partial charge on any atom is -0.497 e. The van der Waals surface area contributed by atoms with Crippen LogP contribution >= 0.6 is 0 Å². The van der Waals surface area contributed by atoms with Gasteiger partial charge in [0, 0.05) is 12.1 Å². The van der Waals surface area contributed by atoms with E-state index in [1.165, 1.54) is 20.3 Å². The molecule has 7 nitrogen and oxygen atoms in total. The lowest BCUT2D eigenvalue weighted by Gasteiger charge is -2.31. The highest BCUT2D eigenvalue weighted by Gasteiger charge is 2.32. The SMILES string of the molecule is COc1ccc(OC)c(N(C(C)C(=O)NC(C)C(C)C)S(C)(=O)=O)c1. The van der Waals surface area contributed by atoms with E-state index in [2.05, 4.69) is 5.32 Å². The van der Waals surface area contributed by atoms with Gasteiger partial charge in [-0.2, -0.15) is 0 Å². The average Bonchev–Trinajstić information content (AvgIpc) is 2.53. The fourth-order valence-electron chi connectivity index (χ4n) is 2.26. The van der Waals surface area contributed by atoms with Crippen molar-refractivity contribution in [3.8, 4) is 11.5 Å². The number of rotatable bonds is 8. The van der Waals surface area contributed by atoms with Crippen molar-refractivity contribution in [1.29, 1.82) is 0 Å². The van der Waals surface area contributed by atoms with Crippen LogP contribution in [0.25, 0.3) is 0 Å². The number of benzene rings is 1. The second-order valence-corrected chi connectivity index (χ2v) is 8.17. The Bertz CT molecular complexity index is 703. The Balaban J connectivity index is 3.34. The molecule has 1 rings (SSSR count). The largest absolute Gasteiger partial charge is 0.497 e. The molecule has 25 heavy (non-hydrogen) atoms. The molecule has 0 spiro atoms. The highest BCUT2D eigenvalue weighted by atomic mass is 32.2. The average molecular weight is 372 g/mol. The highest BCUT2D eigenvalue weighted by Crippen LogP contribution is 2.35. The molecule has 0 saturated heterocycles. The Labute approximate surface area is 150 Å². The molecule has 0 bridgehead atoms. The van der Waals surface area contributed by atoms with Crippen LogP contribution in [-0.4, -0.2) is 46.9 Å². The number of sulfonamides is 1. The monoisotopic (exact) mass is 372 g/mol. The molecule has 0 aliphatic carbocycles. The first-order valence-corrected chi connectivity index (χ1v) is 9.89. The normalized spacial score (nSPS) is 13.9. The van der Waals surface area contributed by atoms with Gasteiger partial charge < -0.3 is 14.8 Å². The number of nitrogens with one attached hydrogen (secondary N) is 1. The standard InChI is InChI=1S/C17H28N2O5S/c1-11(2)12(3)18-17(20)13(4)19(25(7,21)22)15-10-14(23-5)8-9-16(15)24-6/h8-13H,1-7H3,(H,18,20). The molecule has 0 heterocycles. The van der Waals surface area contributed by atoms with Crippen LogP contribution in [0.1, 0.15) is 27.7 Å². The van der Waals surface area contributed by atoms with E-state index in [1.807, 2.05) is 20.8 Å². The van der Waals surface area contributed by atoms with Crippen molar-refractivity contribution >= 4 is 21.6 Å². The van der Waals surface area contributed by atoms with E-state index in [-0.39, 0.29) is 23.6 Å². The van der Waals surface area contributed by atoms with Crippen LogP contribution in [0, 0.1) is 5.92 Å². The van der Waals surface area contributed by atoms with Crippen molar-refractivity contribution in [2.45, 2.75) is 39.8 Å². The Morgan fingerprint density at radius 3 is 2.16 bits per heavy atom. The molecule has 1 aromatic carbocycles. The third-order valence-electron chi connectivity index (χ3n) is 4.08. The van der Waals surface area contributed by atoms with Crippen molar-refractivity contribution in [2.24, 2.45) is 5.92 Å². The molecule has 8 heteroatoms. The van der Waals surface area contributed by atoms with Crippen molar-refractivity contribution in [1.82, 2.24) is 5.32 Å². The van der Waals surface area contributed by atoms with E-state index < -0.39 is 16.1 Å². The molecule has 1 amide bonds. The summed E-state index contributed by atoms with van der Waals surface area (Å²) in [6.07, 6.45) is 1.06. The number of hydrogen-bond donors (Lipinski definition) is 1. The molecule has 2 unspecified atom stereocenters. The smallest absolute Gasteiger partial charge is 0.243 e. The molecule has 0 aliphatic heterocycles. The Kier molecular flexibility index (Phi) is 7.10. The van der Waals surface area contributed by atoms with Gasteiger partial charge in [0.2, 0.25) is 15.9 Å². The van der Waals surface area contributed by atoms with Gasteiger partial charge in [-0.1, -0.05) is 13.8 Å². The van der Waals surface area contributed by atoms with Gasteiger partial charge in [-0.3, -0.25) is 9.10 Å². The summed E-state index contributed by atoms with van der Waals surface area (Å²) in [5, 5.41) is 2.85. The number of hydrogen-bond acceptors (Lipinski definition) is 5. The van der Waals surface area contributed by atoms with E-state index in [0.29, 0.717) is 11.5 Å². The first-order valence-electron chi connectivity index (χ1n) is 8.04. The van der Waals surface area contributed by atoms with Gasteiger partial charge in [0.15, 0.2) is 0 Å². The summed E-state index contributed by atoms with van der Waals surface area (Å²) in [5.74, 6) is 0.654. The zero-order chi connectivity index (χ0) is 19.4. The van der Waals surface area contributed by atoms with E-state index >= 15 is 0 Å². The lowest BCUT2D eigenvalue weighted by atomic mass is 10.1. The van der Waals surface area contributed by atoms with Gasteiger partial charge in [-0.05, 0) is 31.9 Å². The molecular weight excluding hydrogens is 344 g/mol. The molecule has 0 saturated carbocycles. The van der Waals surface area contributed by atoms with E-state index in [4.69, 9.17) is 9.47 Å². The summed E-state index contributed by atoms with van der Waals surface area (Å²) < 4.78 is 36.3. The first-order chi connectivity index (χ1) is 11.5. The number of nitrogens with zero attached hydrogens (tertiary/aromatic N) is 1. The van der Waals surface area contributed by atoms with Crippen LogP contribution in [0.2, 0.25) is 0 Å². The van der Waals surface area contributed by atoms with Crippen molar-refractivity contribution in [3.05, 3.63) is 18.2 Å². The summed E-state index contributed by atoms with van der Waals surface area (Å²) in [6, 6.07) is 3.78. The molecule has 2 atom stereocenters. The van der Waals surface area contributed by atoms with Gasteiger partial charge >= 0.3 is 0 Å². The van der Waals surface area contributed by atoms with E-state index in [1.54, 1.807) is 19.1 Å². The van der Waals surface area contributed by atoms with Crippen LogP contribution in [0.15, 0.2) is 18.2 Å². The van der Waals surface area contributed by atoms with Crippen molar-refractivity contribution in [3.63, 3.8) is 0 Å². The first kappa shape index (κ1) is 21.1. The quantitative estimate of drug-likeness (QED) is 0.755. The summed E-state index contributed by atoms with van der Waals surface area (Å²) in [7, 11) is -0.814. The molecule has 1 N–H and O–H groups in total.